The van der Waals surface area contributed by atoms with Crippen LogP contribution in [0.5, 0.6) is 0 Å². The Morgan fingerprint density at radius 3 is 2.87 bits per heavy atom. The molecule has 0 aliphatic heterocycles. The Balaban J connectivity index is 2.58. The van der Waals surface area contributed by atoms with Crippen molar-refractivity contribution in [2.45, 2.75) is 6.54 Å². The van der Waals surface area contributed by atoms with Crippen molar-refractivity contribution in [2.75, 3.05) is 0 Å². The Morgan fingerprint density at radius 2 is 2.13 bits per heavy atom. The smallest absolute Gasteiger partial charge is 0.132 e. The molecular weight excluding hydrogens is 200 g/mol. The first-order valence-corrected chi connectivity index (χ1v) is 4.40. The van der Waals surface area contributed by atoms with Crippen LogP contribution < -0.4 is 5.73 Å². The van der Waals surface area contributed by atoms with Gasteiger partial charge >= 0.3 is 0 Å². The van der Waals surface area contributed by atoms with Crippen LogP contribution in [0.25, 0.3) is 11.3 Å². The largest absolute Gasteiger partial charge is 0.326 e. The molecule has 0 unspecified atom stereocenters. The maximum absolute atomic E-state index is 13.4. The second-order valence-electron chi connectivity index (χ2n) is 3.10. The third-order valence-electron chi connectivity index (χ3n) is 2.14. The maximum atomic E-state index is 13.4. The van der Waals surface area contributed by atoms with Gasteiger partial charge in [0, 0.05) is 17.7 Å². The van der Waals surface area contributed by atoms with Crippen molar-refractivity contribution in [1.29, 1.82) is 0 Å². The van der Waals surface area contributed by atoms with Crippen LogP contribution >= 0.6 is 0 Å². The van der Waals surface area contributed by atoms with Gasteiger partial charge in [0.1, 0.15) is 11.6 Å². The fourth-order valence-corrected chi connectivity index (χ4v) is 1.39. The SMILES string of the molecule is NCc1cn[nH]c1-c1cc(F)ccc1F. The van der Waals surface area contributed by atoms with Gasteiger partial charge in [0.25, 0.3) is 0 Å². The van der Waals surface area contributed by atoms with Gasteiger partial charge in [-0.15, -0.1) is 0 Å². The van der Waals surface area contributed by atoms with Gasteiger partial charge in [-0.3, -0.25) is 5.10 Å². The summed E-state index contributed by atoms with van der Waals surface area (Å²) >= 11 is 0. The van der Waals surface area contributed by atoms with E-state index in [1.807, 2.05) is 0 Å². The molecule has 15 heavy (non-hydrogen) atoms. The molecule has 0 spiro atoms. The number of benzene rings is 1. The van der Waals surface area contributed by atoms with Gasteiger partial charge in [-0.25, -0.2) is 8.78 Å². The summed E-state index contributed by atoms with van der Waals surface area (Å²) in [4.78, 5) is 0. The molecule has 0 aliphatic rings. The summed E-state index contributed by atoms with van der Waals surface area (Å²) in [5.74, 6) is -1.00. The van der Waals surface area contributed by atoms with E-state index in [-0.39, 0.29) is 12.1 Å². The van der Waals surface area contributed by atoms with Crippen LogP contribution in [0.3, 0.4) is 0 Å². The van der Waals surface area contributed by atoms with Gasteiger partial charge in [-0.05, 0) is 18.2 Å². The van der Waals surface area contributed by atoms with Crippen molar-refractivity contribution in [3.05, 3.63) is 41.6 Å². The fourth-order valence-electron chi connectivity index (χ4n) is 1.39. The molecule has 0 atom stereocenters. The summed E-state index contributed by atoms with van der Waals surface area (Å²) in [7, 11) is 0. The Bertz CT molecular complexity index is 479. The quantitative estimate of drug-likeness (QED) is 0.792. The molecule has 0 bridgehead atoms. The summed E-state index contributed by atoms with van der Waals surface area (Å²) < 4.78 is 26.3. The lowest BCUT2D eigenvalue weighted by molar-refractivity contribution is 0.602. The first-order chi connectivity index (χ1) is 7.22. The van der Waals surface area contributed by atoms with Crippen LogP contribution in [-0.2, 0) is 6.54 Å². The molecule has 0 saturated heterocycles. The van der Waals surface area contributed by atoms with Gasteiger partial charge in [0.05, 0.1) is 11.9 Å². The minimum atomic E-state index is -0.504. The van der Waals surface area contributed by atoms with Crippen molar-refractivity contribution in [1.82, 2.24) is 10.2 Å². The number of aromatic nitrogens is 2. The summed E-state index contributed by atoms with van der Waals surface area (Å²) in [6.45, 7) is 0.224. The molecule has 1 aromatic heterocycles. The van der Waals surface area contributed by atoms with Gasteiger partial charge in [0.2, 0.25) is 0 Å². The number of nitrogens with zero attached hydrogens (tertiary/aromatic N) is 1. The third-order valence-corrected chi connectivity index (χ3v) is 2.14. The highest BCUT2D eigenvalue weighted by molar-refractivity contribution is 5.63. The predicted octanol–water partition coefficient (Wildman–Crippen LogP) is 1.81. The van der Waals surface area contributed by atoms with E-state index in [4.69, 9.17) is 5.73 Å². The minimum Gasteiger partial charge on any atom is -0.326 e. The number of rotatable bonds is 2. The number of aromatic amines is 1. The Kier molecular flexibility index (Phi) is 2.47. The second-order valence-corrected chi connectivity index (χ2v) is 3.10. The lowest BCUT2D eigenvalue weighted by Gasteiger charge is -2.02. The molecule has 0 aliphatic carbocycles. The van der Waals surface area contributed by atoms with E-state index in [2.05, 4.69) is 10.2 Å². The van der Waals surface area contributed by atoms with Gasteiger partial charge in [-0.1, -0.05) is 0 Å². The summed E-state index contributed by atoms with van der Waals surface area (Å²) in [6, 6.07) is 3.26. The van der Waals surface area contributed by atoms with E-state index in [0.717, 1.165) is 18.2 Å². The average Bonchev–Trinajstić information content (AvgIpc) is 2.69. The molecule has 2 aromatic rings. The molecule has 3 N–H and O–H groups in total. The first kappa shape index (κ1) is 9.79. The lowest BCUT2D eigenvalue weighted by atomic mass is 10.1. The van der Waals surface area contributed by atoms with Crippen LogP contribution in [0.15, 0.2) is 24.4 Å². The monoisotopic (exact) mass is 209 g/mol. The Hall–Kier alpha value is -1.75. The molecule has 1 aromatic carbocycles. The van der Waals surface area contributed by atoms with Gasteiger partial charge < -0.3 is 5.73 Å². The van der Waals surface area contributed by atoms with Crippen molar-refractivity contribution >= 4 is 0 Å². The summed E-state index contributed by atoms with van der Waals surface area (Å²) in [5.41, 5.74) is 6.67. The summed E-state index contributed by atoms with van der Waals surface area (Å²) in [6.07, 6.45) is 1.50. The van der Waals surface area contributed by atoms with Crippen LogP contribution in [0.4, 0.5) is 8.78 Å². The number of halogens is 2. The molecule has 78 valence electrons. The highest BCUT2D eigenvalue weighted by Gasteiger charge is 2.11. The maximum Gasteiger partial charge on any atom is 0.132 e. The van der Waals surface area contributed by atoms with Crippen LogP contribution in [0, 0.1) is 11.6 Å². The average molecular weight is 209 g/mol. The lowest BCUT2D eigenvalue weighted by Crippen LogP contribution is -1.98. The van der Waals surface area contributed by atoms with E-state index in [0.29, 0.717) is 11.3 Å². The van der Waals surface area contributed by atoms with E-state index in [1.165, 1.54) is 6.20 Å². The molecule has 3 nitrogen and oxygen atoms in total. The summed E-state index contributed by atoms with van der Waals surface area (Å²) in [5, 5.41) is 6.35. The number of nitrogens with two attached hydrogens (primary N) is 1. The molecule has 0 saturated carbocycles. The van der Waals surface area contributed by atoms with E-state index in [9.17, 15) is 8.78 Å². The molecule has 2 rings (SSSR count). The normalized spacial score (nSPS) is 10.6. The molecular formula is C10H9F2N3. The first-order valence-electron chi connectivity index (χ1n) is 4.40. The predicted molar refractivity (Wildman–Crippen MR) is 51.8 cm³/mol. The Labute approximate surface area is 84.9 Å². The van der Waals surface area contributed by atoms with Gasteiger partial charge in [-0.2, -0.15) is 5.10 Å². The van der Waals surface area contributed by atoms with Crippen molar-refractivity contribution < 1.29 is 8.78 Å². The number of hydrogen-bond donors (Lipinski definition) is 2. The standard InChI is InChI=1S/C10H9F2N3/c11-7-1-2-9(12)8(3-7)10-6(4-13)5-14-15-10/h1-3,5H,4,13H2,(H,14,15). The van der Waals surface area contributed by atoms with E-state index >= 15 is 0 Å². The number of H-pyrrole nitrogens is 1. The van der Waals surface area contributed by atoms with Crippen LogP contribution in [0.2, 0.25) is 0 Å². The van der Waals surface area contributed by atoms with E-state index < -0.39 is 11.6 Å². The van der Waals surface area contributed by atoms with Crippen molar-refractivity contribution in [2.24, 2.45) is 5.73 Å². The molecule has 0 fully saturated rings. The fraction of sp³-hybridized carbons (Fsp3) is 0.100. The molecule has 0 amide bonds. The topological polar surface area (TPSA) is 54.7 Å². The molecule has 0 radical (unpaired) electrons. The zero-order chi connectivity index (χ0) is 10.8. The highest BCUT2D eigenvalue weighted by Crippen LogP contribution is 2.24. The number of hydrogen-bond acceptors (Lipinski definition) is 2. The van der Waals surface area contributed by atoms with Crippen molar-refractivity contribution in [3.8, 4) is 11.3 Å². The van der Waals surface area contributed by atoms with Crippen LogP contribution in [-0.4, -0.2) is 10.2 Å². The molecule has 1 heterocycles. The molecule has 5 heteroatoms. The second kappa shape index (κ2) is 3.78. The van der Waals surface area contributed by atoms with Crippen LogP contribution in [0.1, 0.15) is 5.56 Å². The van der Waals surface area contributed by atoms with Crippen molar-refractivity contribution in [3.63, 3.8) is 0 Å². The zero-order valence-corrected chi connectivity index (χ0v) is 7.80. The minimum absolute atomic E-state index is 0.146. The highest BCUT2D eigenvalue weighted by atomic mass is 19.1. The number of nitrogens with one attached hydrogen (secondary N) is 1. The third kappa shape index (κ3) is 1.73. The van der Waals surface area contributed by atoms with E-state index in [1.54, 1.807) is 0 Å². The van der Waals surface area contributed by atoms with Gasteiger partial charge in [0.15, 0.2) is 0 Å². The zero-order valence-electron chi connectivity index (χ0n) is 7.80. The Morgan fingerprint density at radius 1 is 1.33 bits per heavy atom.